The number of aromatic nitrogens is 6. The monoisotopic (exact) mass is 1130 g/mol. The van der Waals surface area contributed by atoms with Gasteiger partial charge in [-0.2, -0.15) is 0 Å². The Bertz CT molecular complexity index is 3670. The van der Waals surface area contributed by atoms with Gasteiger partial charge in [0.1, 0.15) is 0 Å². The molecule has 9 saturated carbocycles. The zero-order chi connectivity index (χ0) is 59.2. The summed E-state index contributed by atoms with van der Waals surface area (Å²) >= 11 is 0. The molecule has 0 N–H and O–H groups in total. The molecule has 0 spiro atoms. The lowest BCUT2D eigenvalue weighted by molar-refractivity contribution is -0.113. The number of hydrogen-bond acceptors (Lipinski definition) is 6. The summed E-state index contributed by atoms with van der Waals surface area (Å²) in [6.07, 6.45) is 38.6. The van der Waals surface area contributed by atoms with Gasteiger partial charge >= 0.3 is 0 Å². The number of benzene rings is 1. The third kappa shape index (κ3) is 13.1. The largest absolute Gasteiger partial charge is 0.255 e. The van der Waals surface area contributed by atoms with E-state index in [4.69, 9.17) is 0 Å². The number of hydrogen-bond donors (Lipinski definition) is 0. The van der Waals surface area contributed by atoms with Crippen LogP contribution < -0.4 is 0 Å². The Balaban J connectivity index is 0.682. The molecule has 87 heavy (non-hydrogen) atoms. The first-order valence-corrected chi connectivity index (χ1v) is 32.6. The van der Waals surface area contributed by atoms with Crippen molar-refractivity contribution in [3.05, 3.63) is 178 Å². The molecule has 6 heteroatoms. The summed E-state index contributed by atoms with van der Waals surface area (Å²) in [5, 5.41) is 0. The van der Waals surface area contributed by atoms with E-state index in [0.717, 1.165) is 145 Å². The molecule has 6 aromatic heterocycles. The van der Waals surface area contributed by atoms with Crippen LogP contribution >= 0.6 is 0 Å². The summed E-state index contributed by atoms with van der Waals surface area (Å²) in [5.74, 6) is 43.9. The highest BCUT2D eigenvalue weighted by Gasteiger charge is 2.68. The van der Waals surface area contributed by atoms with Crippen LogP contribution in [0.4, 0.5) is 0 Å². The summed E-state index contributed by atoms with van der Waals surface area (Å²) in [7, 11) is 0. The molecule has 0 saturated heterocycles. The molecule has 7 aromatic rings. The average molecular weight is 1140 g/mol. The molecule has 9 aliphatic carbocycles. The van der Waals surface area contributed by atoms with Crippen LogP contribution in [-0.4, -0.2) is 29.9 Å². The maximum atomic E-state index is 4.69. The lowest BCUT2D eigenvalue weighted by atomic mass is 9.36. The quantitative estimate of drug-likeness (QED) is 0.0629. The van der Waals surface area contributed by atoms with Gasteiger partial charge in [0.2, 0.25) is 0 Å². The SMILES string of the molecule is CCCCCCc1ccnc(-c2cc(C#CC34CC(C#Cc5cc(C#CC67CC(C#Cc8ccnc(-c9cc(CCCCCC)ccn9)c8)(C6)C7)cc(C#CC67CC(C#Cc8ccnc(-c9cc(CCCCCC)ccn9)c8)(C6)C7)c5)(C3)C4)ccn2)c1. The van der Waals surface area contributed by atoms with Crippen LogP contribution in [0.15, 0.2) is 128 Å². The van der Waals surface area contributed by atoms with Gasteiger partial charge in [0.25, 0.3) is 0 Å². The lowest BCUT2D eigenvalue weighted by Crippen LogP contribution is -2.60. The molecule has 9 aliphatic rings. The van der Waals surface area contributed by atoms with Gasteiger partial charge in [0, 0.05) is 103 Å². The van der Waals surface area contributed by atoms with E-state index < -0.39 is 0 Å². The summed E-state index contributed by atoms with van der Waals surface area (Å²) in [5.41, 5.74) is 15.4. The molecule has 432 valence electrons. The van der Waals surface area contributed by atoms with Crippen molar-refractivity contribution in [1.29, 1.82) is 0 Å². The fraction of sp³-hybridized carbons (Fsp3) is 0.407. The summed E-state index contributed by atoms with van der Waals surface area (Å²) in [6, 6.07) is 31.9. The molecule has 0 amide bonds. The van der Waals surface area contributed by atoms with Gasteiger partial charge in [-0.15, -0.1) is 0 Å². The highest BCUT2D eigenvalue weighted by molar-refractivity contribution is 5.62. The molecular formula is C81H78N6. The third-order valence-corrected chi connectivity index (χ3v) is 19.4. The summed E-state index contributed by atoms with van der Waals surface area (Å²) < 4.78 is 0. The Hall–Kier alpha value is -8.52. The van der Waals surface area contributed by atoms with E-state index in [2.05, 4.69) is 195 Å². The Morgan fingerprint density at radius 3 is 0.747 bits per heavy atom. The minimum absolute atomic E-state index is 0.0101. The van der Waals surface area contributed by atoms with Crippen LogP contribution in [0.3, 0.4) is 0 Å². The predicted octanol–water partition coefficient (Wildman–Crippen LogP) is 17.1. The van der Waals surface area contributed by atoms with E-state index in [-0.39, 0.29) is 32.5 Å². The van der Waals surface area contributed by atoms with Crippen LogP contribution in [0, 0.1) is 104 Å². The van der Waals surface area contributed by atoms with E-state index in [1.54, 1.807) is 0 Å². The van der Waals surface area contributed by atoms with Crippen molar-refractivity contribution < 1.29 is 0 Å². The maximum absolute atomic E-state index is 4.69. The molecule has 0 atom stereocenters. The van der Waals surface area contributed by atoms with Crippen molar-refractivity contribution in [3.63, 3.8) is 0 Å². The standard InChI is InChI=1S/C81H78N6/c1-4-7-10-13-16-61-25-37-82-70(46-61)73-49-64(28-40-85-73)19-31-76-52-79(53-76,54-76)34-22-67-43-68(23-35-80-55-77(56-80,57-80)32-20-65-29-41-86-74(50-65)71-47-62(26-38-83-71)17-14-11-8-5-2)45-69(44-67)24-36-81-58-78(59-81,60-81)33-21-66-30-42-87-75(51-66)72-48-63(27-39-84-72)18-15-12-9-6-3/h25-30,37-51H,4-18,52-60H2,1-3H3. The number of pyridine rings is 6. The Morgan fingerprint density at radius 2 is 0.494 bits per heavy atom. The third-order valence-electron chi connectivity index (χ3n) is 19.4. The van der Waals surface area contributed by atoms with Crippen LogP contribution in [0.25, 0.3) is 34.2 Å². The first-order valence-electron chi connectivity index (χ1n) is 32.6. The fourth-order valence-electron chi connectivity index (χ4n) is 14.8. The van der Waals surface area contributed by atoms with Gasteiger partial charge in [-0.05, 0) is 204 Å². The molecular weight excluding hydrogens is 1060 g/mol. The maximum Gasteiger partial charge on any atom is 0.0898 e. The van der Waals surface area contributed by atoms with Crippen molar-refractivity contribution in [3.8, 4) is 105 Å². The van der Waals surface area contributed by atoms with E-state index in [0.29, 0.717) is 0 Å². The van der Waals surface area contributed by atoms with Crippen LogP contribution in [0.1, 0.15) is 206 Å². The molecule has 6 heterocycles. The molecule has 0 radical (unpaired) electrons. The Kier molecular flexibility index (Phi) is 16.3. The average Bonchev–Trinajstić information content (AvgIpc) is 0.718. The highest BCUT2D eigenvalue weighted by atomic mass is 14.8. The van der Waals surface area contributed by atoms with Crippen molar-refractivity contribution >= 4 is 0 Å². The second-order valence-electron chi connectivity index (χ2n) is 26.9. The first kappa shape index (κ1) is 57.5. The Labute approximate surface area is 517 Å². The Morgan fingerprint density at radius 1 is 0.264 bits per heavy atom. The van der Waals surface area contributed by atoms with Gasteiger partial charge in [-0.25, -0.2) is 0 Å². The summed E-state index contributed by atoms with van der Waals surface area (Å²) in [6.45, 7) is 6.76. The zero-order valence-corrected chi connectivity index (χ0v) is 51.3. The summed E-state index contributed by atoms with van der Waals surface area (Å²) in [4.78, 5) is 28.1. The van der Waals surface area contributed by atoms with Crippen molar-refractivity contribution in [1.82, 2.24) is 29.9 Å². The highest BCUT2D eigenvalue weighted by Crippen LogP contribution is 2.74. The zero-order valence-electron chi connectivity index (χ0n) is 51.3. The normalized spacial score (nSPS) is 24.0. The van der Waals surface area contributed by atoms with E-state index in [1.165, 1.54) is 93.7 Å². The number of aryl methyl sites for hydroxylation is 3. The van der Waals surface area contributed by atoms with Gasteiger partial charge in [-0.1, -0.05) is 150 Å². The van der Waals surface area contributed by atoms with Crippen LogP contribution in [-0.2, 0) is 19.3 Å². The predicted molar refractivity (Wildman–Crippen MR) is 350 cm³/mol. The molecule has 6 nitrogen and oxygen atoms in total. The minimum Gasteiger partial charge on any atom is -0.255 e. The molecule has 16 rings (SSSR count). The first-order chi connectivity index (χ1) is 42.5. The number of rotatable bonds is 18. The van der Waals surface area contributed by atoms with Gasteiger partial charge < -0.3 is 0 Å². The van der Waals surface area contributed by atoms with Crippen molar-refractivity contribution in [2.75, 3.05) is 0 Å². The van der Waals surface area contributed by atoms with Crippen molar-refractivity contribution in [2.24, 2.45) is 32.5 Å². The topological polar surface area (TPSA) is 77.3 Å². The fourth-order valence-corrected chi connectivity index (χ4v) is 14.8. The van der Waals surface area contributed by atoms with Crippen molar-refractivity contribution in [2.45, 2.75) is 175 Å². The second kappa shape index (κ2) is 24.7. The molecule has 6 bridgehead atoms. The number of unbranched alkanes of at least 4 members (excludes halogenated alkanes) is 9. The van der Waals surface area contributed by atoms with Gasteiger partial charge in [-0.3, -0.25) is 29.9 Å². The molecule has 1 aromatic carbocycles. The van der Waals surface area contributed by atoms with Gasteiger partial charge in [0.05, 0.1) is 34.2 Å². The smallest absolute Gasteiger partial charge is 0.0898 e. The molecule has 0 unspecified atom stereocenters. The molecule has 0 aliphatic heterocycles. The lowest BCUT2D eigenvalue weighted by Gasteiger charge is -2.65. The second-order valence-corrected chi connectivity index (χ2v) is 26.9. The minimum atomic E-state index is 0.0101. The van der Waals surface area contributed by atoms with E-state index in [1.807, 2.05) is 55.4 Å². The number of nitrogens with zero attached hydrogens (tertiary/aromatic N) is 6. The van der Waals surface area contributed by atoms with Gasteiger partial charge in [0.15, 0.2) is 0 Å². The molecule has 9 fully saturated rings. The van der Waals surface area contributed by atoms with E-state index in [9.17, 15) is 0 Å². The van der Waals surface area contributed by atoms with Crippen LogP contribution in [0.2, 0.25) is 0 Å². The van der Waals surface area contributed by atoms with E-state index >= 15 is 0 Å². The van der Waals surface area contributed by atoms with Crippen LogP contribution in [0.5, 0.6) is 0 Å².